The third-order valence-corrected chi connectivity index (χ3v) is 5.52. The predicted molar refractivity (Wildman–Crippen MR) is 68.2 cm³/mol. The van der Waals surface area contributed by atoms with E-state index in [2.05, 4.69) is 18.7 Å². The van der Waals surface area contributed by atoms with Crippen LogP contribution in [0.1, 0.15) is 18.4 Å². The molecule has 2 rings (SSSR count). The van der Waals surface area contributed by atoms with Gasteiger partial charge in [0.2, 0.25) is 0 Å². The van der Waals surface area contributed by atoms with Gasteiger partial charge in [0.25, 0.3) is 0 Å². The largest absolute Gasteiger partial charge is 0.527 e. The van der Waals surface area contributed by atoms with E-state index in [1.54, 1.807) is 6.26 Å². The molecule has 1 fully saturated rings. The van der Waals surface area contributed by atoms with Crippen molar-refractivity contribution in [2.75, 3.05) is 6.61 Å². The van der Waals surface area contributed by atoms with E-state index in [1.807, 2.05) is 24.3 Å². The lowest BCUT2D eigenvalue weighted by atomic mass is 10.2. The molecule has 1 heterocycles. The summed E-state index contributed by atoms with van der Waals surface area (Å²) in [6.45, 7) is 3.00. The Kier molecular flexibility index (Phi) is 3.80. The molecule has 1 aromatic rings. The third-order valence-electron chi connectivity index (χ3n) is 2.81. The number of hydrogen-bond donors (Lipinski definition) is 0. The first kappa shape index (κ1) is 11.4. The zero-order valence-corrected chi connectivity index (χ0v) is 10.7. The molecule has 86 valence electrons. The first-order chi connectivity index (χ1) is 7.79. The summed E-state index contributed by atoms with van der Waals surface area (Å²) < 4.78 is 11.6. The molecule has 0 spiro atoms. The summed E-state index contributed by atoms with van der Waals surface area (Å²) in [5.41, 5.74) is 1.16. The highest BCUT2D eigenvalue weighted by atomic mass is 28.4. The van der Waals surface area contributed by atoms with Crippen LogP contribution < -0.4 is 0 Å². The lowest BCUT2D eigenvalue weighted by molar-refractivity contribution is 0.198. The zero-order chi connectivity index (χ0) is 11.3. The van der Waals surface area contributed by atoms with Crippen LogP contribution in [-0.4, -0.2) is 15.2 Å². The van der Waals surface area contributed by atoms with E-state index in [9.17, 15) is 0 Å². The van der Waals surface area contributed by atoms with Crippen LogP contribution in [0.2, 0.25) is 12.6 Å². The summed E-state index contributed by atoms with van der Waals surface area (Å²) in [5.74, 6) is 0. The van der Waals surface area contributed by atoms with Gasteiger partial charge in [0.1, 0.15) is 0 Å². The predicted octanol–water partition coefficient (Wildman–Crippen LogP) is 3.56. The standard InChI is InChI=1S/C13H18O2Si/c1-16(12-6-5-10-14-16)15-11-9-13-7-3-2-4-8-13/h2-4,7-9,11H,5-6,10,12H2,1H3/b11-9+. The molecule has 1 aromatic carbocycles. The molecule has 0 radical (unpaired) electrons. The van der Waals surface area contributed by atoms with E-state index in [0.717, 1.165) is 18.2 Å². The van der Waals surface area contributed by atoms with E-state index in [4.69, 9.17) is 8.85 Å². The fourth-order valence-corrected chi connectivity index (χ4v) is 3.98. The van der Waals surface area contributed by atoms with Crippen molar-refractivity contribution in [2.45, 2.75) is 25.4 Å². The minimum absolute atomic E-state index is 0.863. The van der Waals surface area contributed by atoms with E-state index < -0.39 is 8.56 Å². The number of hydrogen-bond acceptors (Lipinski definition) is 2. The highest BCUT2D eigenvalue weighted by Crippen LogP contribution is 2.22. The number of benzene rings is 1. The SMILES string of the molecule is C[Si]1(O/C=C/c2ccccc2)CCCCO1. The highest BCUT2D eigenvalue weighted by molar-refractivity contribution is 6.66. The van der Waals surface area contributed by atoms with Crippen LogP contribution in [0, 0.1) is 0 Å². The van der Waals surface area contributed by atoms with Crippen LogP contribution in [0.25, 0.3) is 6.08 Å². The van der Waals surface area contributed by atoms with Gasteiger partial charge in [-0.25, -0.2) is 0 Å². The van der Waals surface area contributed by atoms with Crippen molar-refractivity contribution >= 4 is 14.6 Å². The molecule has 0 amide bonds. The minimum Gasteiger partial charge on any atom is -0.527 e. The zero-order valence-electron chi connectivity index (χ0n) is 9.69. The maximum absolute atomic E-state index is 5.81. The molecule has 0 N–H and O–H groups in total. The van der Waals surface area contributed by atoms with Crippen LogP contribution in [0.4, 0.5) is 0 Å². The summed E-state index contributed by atoms with van der Waals surface area (Å²) in [7, 11) is -1.88. The van der Waals surface area contributed by atoms with Crippen molar-refractivity contribution in [3.8, 4) is 0 Å². The summed E-state index contributed by atoms with van der Waals surface area (Å²) in [4.78, 5) is 0. The van der Waals surface area contributed by atoms with E-state index >= 15 is 0 Å². The van der Waals surface area contributed by atoms with Crippen molar-refractivity contribution in [1.82, 2.24) is 0 Å². The maximum atomic E-state index is 5.81. The quantitative estimate of drug-likeness (QED) is 0.588. The Labute approximate surface area is 98.1 Å². The topological polar surface area (TPSA) is 18.5 Å². The second-order valence-corrected chi connectivity index (χ2v) is 7.56. The van der Waals surface area contributed by atoms with Crippen molar-refractivity contribution in [3.63, 3.8) is 0 Å². The van der Waals surface area contributed by atoms with Gasteiger partial charge in [0, 0.05) is 12.7 Å². The maximum Gasteiger partial charge on any atom is 0.395 e. The fraction of sp³-hybridized carbons (Fsp3) is 0.385. The summed E-state index contributed by atoms with van der Waals surface area (Å²) in [6, 6.07) is 11.3. The van der Waals surface area contributed by atoms with Gasteiger partial charge >= 0.3 is 8.56 Å². The average Bonchev–Trinajstić information content (AvgIpc) is 2.31. The molecule has 1 aliphatic rings. The van der Waals surface area contributed by atoms with E-state index in [1.165, 1.54) is 12.8 Å². The van der Waals surface area contributed by atoms with E-state index in [0.29, 0.717) is 0 Å². The molecule has 0 bridgehead atoms. The molecule has 2 nitrogen and oxygen atoms in total. The Morgan fingerprint density at radius 3 is 2.75 bits per heavy atom. The van der Waals surface area contributed by atoms with Crippen molar-refractivity contribution < 1.29 is 8.85 Å². The molecule has 0 aliphatic carbocycles. The fourth-order valence-electron chi connectivity index (χ4n) is 1.82. The summed E-state index contributed by atoms with van der Waals surface area (Å²) in [6.07, 6.45) is 6.21. The van der Waals surface area contributed by atoms with Gasteiger partial charge in [-0.3, -0.25) is 0 Å². The smallest absolute Gasteiger partial charge is 0.395 e. The molecule has 1 unspecified atom stereocenters. The van der Waals surface area contributed by atoms with Crippen molar-refractivity contribution in [3.05, 3.63) is 42.2 Å². The molecular formula is C13H18O2Si. The normalized spacial score (nSPS) is 25.8. The molecule has 1 aliphatic heterocycles. The van der Waals surface area contributed by atoms with Crippen LogP contribution in [-0.2, 0) is 8.85 Å². The molecule has 16 heavy (non-hydrogen) atoms. The first-order valence-corrected chi connectivity index (χ1v) is 8.34. The first-order valence-electron chi connectivity index (χ1n) is 5.82. The monoisotopic (exact) mass is 234 g/mol. The number of rotatable bonds is 3. The van der Waals surface area contributed by atoms with Gasteiger partial charge in [0.15, 0.2) is 0 Å². The Morgan fingerprint density at radius 1 is 1.25 bits per heavy atom. The lowest BCUT2D eigenvalue weighted by Gasteiger charge is -2.29. The molecular weight excluding hydrogens is 216 g/mol. The Morgan fingerprint density at radius 2 is 2.06 bits per heavy atom. The second kappa shape index (κ2) is 5.32. The van der Waals surface area contributed by atoms with Gasteiger partial charge in [0.05, 0.1) is 6.26 Å². The minimum atomic E-state index is -1.88. The summed E-state index contributed by atoms with van der Waals surface area (Å²) in [5, 5.41) is 0. The van der Waals surface area contributed by atoms with E-state index in [-0.39, 0.29) is 0 Å². The van der Waals surface area contributed by atoms with Crippen LogP contribution in [0.3, 0.4) is 0 Å². The Hall–Kier alpha value is -1.06. The molecule has 0 saturated carbocycles. The van der Waals surface area contributed by atoms with Crippen LogP contribution in [0.5, 0.6) is 0 Å². The van der Waals surface area contributed by atoms with Gasteiger partial charge < -0.3 is 8.85 Å². The molecule has 1 saturated heterocycles. The molecule has 0 aromatic heterocycles. The lowest BCUT2D eigenvalue weighted by Crippen LogP contribution is -2.39. The van der Waals surface area contributed by atoms with Crippen LogP contribution >= 0.6 is 0 Å². The second-order valence-electron chi connectivity index (χ2n) is 4.27. The van der Waals surface area contributed by atoms with Crippen molar-refractivity contribution in [1.29, 1.82) is 0 Å². The van der Waals surface area contributed by atoms with Gasteiger partial charge in [-0.1, -0.05) is 30.3 Å². The third kappa shape index (κ3) is 3.22. The Balaban J connectivity index is 1.89. The average molecular weight is 234 g/mol. The Bertz CT molecular complexity index is 342. The van der Waals surface area contributed by atoms with Gasteiger partial charge in [-0.05, 0) is 31.0 Å². The van der Waals surface area contributed by atoms with Gasteiger partial charge in [-0.2, -0.15) is 0 Å². The summed E-state index contributed by atoms with van der Waals surface area (Å²) >= 11 is 0. The van der Waals surface area contributed by atoms with Gasteiger partial charge in [-0.15, -0.1) is 0 Å². The van der Waals surface area contributed by atoms with Crippen LogP contribution in [0.15, 0.2) is 36.6 Å². The van der Waals surface area contributed by atoms with Crippen molar-refractivity contribution in [2.24, 2.45) is 0 Å². The highest BCUT2D eigenvalue weighted by Gasteiger charge is 2.34. The molecule has 1 atom stereocenters. The molecule has 3 heteroatoms.